The number of carbonyl (C=O) groups is 2. The third-order valence-electron chi connectivity index (χ3n) is 4.20. The zero-order valence-electron chi connectivity index (χ0n) is 13.9. The second kappa shape index (κ2) is 7.07. The predicted octanol–water partition coefficient (Wildman–Crippen LogP) is 2.91. The third-order valence-corrected chi connectivity index (χ3v) is 4.20. The van der Waals surface area contributed by atoms with Crippen LogP contribution < -0.4 is 15.8 Å². The zero-order valence-corrected chi connectivity index (χ0v) is 13.9. The van der Waals surface area contributed by atoms with E-state index in [1.54, 1.807) is 12.1 Å². The molecule has 1 fully saturated rings. The first-order chi connectivity index (χ1) is 12.4. The van der Waals surface area contributed by atoms with Crippen molar-refractivity contribution in [2.45, 2.75) is 13.3 Å². The maximum Gasteiger partial charge on any atom is 0.243 e. The number of benzene rings is 2. The Kier molecular flexibility index (Phi) is 4.83. The molecule has 1 saturated heterocycles. The minimum Gasteiger partial charge on any atom is -0.312 e. The van der Waals surface area contributed by atoms with Gasteiger partial charge >= 0.3 is 0 Å². The van der Waals surface area contributed by atoms with Crippen molar-refractivity contribution in [1.29, 1.82) is 0 Å². The van der Waals surface area contributed by atoms with Gasteiger partial charge in [0.2, 0.25) is 11.8 Å². The number of halogens is 3. The van der Waals surface area contributed by atoms with Crippen LogP contribution in [0.2, 0.25) is 0 Å². The van der Waals surface area contributed by atoms with Crippen molar-refractivity contribution in [2.75, 3.05) is 16.9 Å². The lowest BCUT2D eigenvalue weighted by molar-refractivity contribution is -0.125. The smallest absolute Gasteiger partial charge is 0.243 e. The van der Waals surface area contributed by atoms with E-state index in [9.17, 15) is 22.8 Å². The van der Waals surface area contributed by atoms with E-state index in [-0.39, 0.29) is 18.9 Å². The maximum atomic E-state index is 13.6. The second-order valence-corrected chi connectivity index (χ2v) is 6.08. The molecule has 0 bridgehead atoms. The molecule has 1 aliphatic rings. The van der Waals surface area contributed by atoms with Crippen molar-refractivity contribution in [3.8, 4) is 0 Å². The molecule has 0 aromatic heterocycles. The van der Waals surface area contributed by atoms with Gasteiger partial charge in [0.15, 0.2) is 17.5 Å². The molecule has 2 aromatic rings. The molecule has 5 nitrogen and oxygen atoms in total. The van der Waals surface area contributed by atoms with E-state index in [0.717, 1.165) is 17.7 Å². The summed E-state index contributed by atoms with van der Waals surface area (Å²) in [5.41, 5.74) is 5.79. The highest BCUT2D eigenvalue weighted by Crippen LogP contribution is 2.25. The Hall–Kier alpha value is -3.03. The molecule has 1 unspecified atom stereocenters. The van der Waals surface area contributed by atoms with Crippen molar-refractivity contribution in [2.24, 2.45) is 5.92 Å². The van der Waals surface area contributed by atoms with Gasteiger partial charge in [-0.05, 0) is 31.2 Å². The number of aryl methyl sites for hydroxylation is 1. The molecule has 0 spiro atoms. The molecule has 26 heavy (non-hydrogen) atoms. The van der Waals surface area contributed by atoms with Crippen LogP contribution in [-0.2, 0) is 9.59 Å². The number of hydrogen-bond donors (Lipinski definition) is 2. The Balaban J connectivity index is 1.63. The van der Waals surface area contributed by atoms with Gasteiger partial charge in [-0.2, -0.15) is 0 Å². The van der Waals surface area contributed by atoms with Crippen LogP contribution in [-0.4, -0.2) is 18.4 Å². The van der Waals surface area contributed by atoms with Crippen LogP contribution in [0.25, 0.3) is 0 Å². The van der Waals surface area contributed by atoms with Crippen LogP contribution in [0.4, 0.5) is 24.5 Å². The fraction of sp³-hybridized carbons (Fsp3) is 0.222. The summed E-state index contributed by atoms with van der Waals surface area (Å²) in [6.07, 6.45) is 0.00164. The SMILES string of the molecule is Cc1ccc(N2CC(C(=O)NNc3ccc(F)c(F)c3F)CC2=O)cc1. The molecule has 2 N–H and O–H groups in total. The average Bonchev–Trinajstić information content (AvgIpc) is 3.01. The van der Waals surface area contributed by atoms with Crippen LogP contribution in [0.3, 0.4) is 0 Å². The average molecular weight is 363 g/mol. The lowest BCUT2D eigenvalue weighted by Gasteiger charge is -2.17. The molecule has 3 rings (SSSR count). The van der Waals surface area contributed by atoms with E-state index in [0.29, 0.717) is 5.69 Å². The summed E-state index contributed by atoms with van der Waals surface area (Å²) in [7, 11) is 0. The first-order valence-corrected chi connectivity index (χ1v) is 7.93. The quantitative estimate of drug-likeness (QED) is 0.649. The van der Waals surface area contributed by atoms with Gasteiger partial charge in [0.1, 0.15) is 0 Å². The van der Waals surface area contributed by atoms with Crippen molar-refractivity contribution in [1.82, 2.24) is 5.43 Å². The Morgan fingerprint density at radius 3 is 2.46 bits per heavy atom. The zero-order chi connectivity index (χ0) is 18.8. The van der Waals surface area contributed by atoms with Gasteiger partial charge in [-0.25, -0.2) is 13.2 Å². The Labute approximate surface area is 147 Å². The molecule has 1 atom stereocenters. The fourth-order valence-electron chi connectivity index (χ4n) is 2.71. The molecular formula is C18H16F3N3O2. The predicted molar refractivity (Wildman–Crippen MR) is 89.7 cm³/mol. The molecule has 0 aliphatic carbocycles. The minimum atomic E-state index is -1.63. The van der Waals surface area contributed by atoms with Gasteiger partial charge in [0.05, 0.1) is 11.6 Å². The molecule has 1 heterocycles. The summed E-state index contributed by atoms with van der Waals surface area (Å²) in [6.45, 7) is 2.10. The van der Waals surface area contributed by atoms with Crippen molar-refractivity contribution < 1.29 is 22.8 Å². The Morgan fingerprint density at radius 1 is 1.08 bits per heavy atom. The number of hydrogen-bond acceptors (Lipinski definition) is 3. The molecule has 1 aliphatic heterocycles. The van der Waals surface area contributed by atoms with E-state index in [1.807, 2.05) is 19.1 Å². The summed E-state index contributed by atoms with van der Waals surface area (Å²) in [5, 5.41) is 0. The van der Waals surface area contributed by atoms with Crippen LogP contribution in [0.5, 0.6) is 0 Å². The lowest BCUT2D eigenvalue weighted by Crippen LogP contribution is -2.36. The molecular weight excluding hydrogens is 347 g/mol. The molecule has 0 radical (unpaired) electrons. The largest absolute Gasteiger partial charge is 0.312 e. The highest BCUT2D eigenvalue weighted by Gasteiger charge is 2.35. The maximum absolute atomic E-state index is 13.6. The van der Waals surface area contributed by atoms with E-state index in [1.165, 1.54) is 4.90 Å². The number of nitrogens with zero attached hydrogens (tertiary/aromatic N) is 1. The number of nitrogens with one attached hydrogen (secondary N) is 2. The normalized spacial score (nSPS) is 16.7. The number of rotatable bonds is 4. The van der Waals surface area contributed by atoms with Crippen LogP contribution in [0, 0.1) is 30.3 Å². The van der Waals surface area contributed by atoms with Gasteiger partial charge in [-0.15, -0.1) is 0 Å². The summed E-state index contributed by atoms with van der Waals surface area (Å²) < 4.78 is 39.7. The van der Waals surface area contributed by atoms with E-state index < -0.39 is 35.0 Å². The molecule has 2 aromatic carbocycles. The third kappa shape index (κ3) is 3.49. The second-order valence-electron chi connectivity index (χ2n) is 6.08. The van der Waals surface area contributed by atoms with E-state index >= 15 is 0 Å². The van der Waals surface area contributed by atoms with E-state index in [2.05, 4.69) is 10.9 Å². The highest BCUT2D eigenvalue weighted by atomic mass is 19.2. The van der Waals surface area contributed by atoms with Gasteiger partial charge in [0, 0.05) is 18.7 Å². The molecule has 2 amide bonds. The first kappa shape index (κ1) is 17.8. The summed E-state index contributed by atoms with van der Waals surface area (Å²) in [6, 6.07) is 9.02. The van der Waals surface area contributed by atoms with Crippen LogP contribution >= 0.6 is 0 Å². The first-order valence-electron chi connectivity index (χ1n) is 7.93. The van der Waals surface area contributed by atoms with Gasteiger partial charge in [0.25, 0.3) is 0 Å². The van der Waals surface area contributed by atoms with Crippen molar-refractivity contribution in [3.63, 3.8) is 0 Å². The van der Waals surface area contributed by atoms with E-state index in [4.69, 9.17) is 0 Å². The van der Waals surface area contributed by atoms with Gasteiger partial charge < -0.3 is 4.90 Å². The summed E-state index contributed by atoms with van der Waals surface area (Å²) in [4.78, 5) is 25.9. The fourth-order valence-corrected chi connectivity index (χ4v) is 2.71. The number of amides is 2. The van der Waals surface area contributed by atoms with Crippen LogP contribution in [0.15, 0.2) is 36.4 Å². The van der Waals surface area contributed by atoms with Gasteiger partial charge in [-0.1, -0.05) is 17.7 Å². The highest BCUT2D eigenvalue weighted by molar-refractivity contribution is 6.00. The lowest BCUT2D eigenvalue weighted by atomic mass is 10.1. The summed E-state index contributed by atoms with van der Waals surface area (Å²) >= 11 is 0. The number of carbonyl (C=O) groups excluding carboxylic acids is 2. The number of anilines is 2. The molecule has 8 heteroatoms. The molecule has 0 saturated carbocycles. The standard InChI is InChI=1S/C18H16F3N3O2/c1-10-2-4-12(5-3-10)24-9-11(8-15(24)25)18(26)23-22-14-7-6-13(19)16(20)17(14)21/h2-7,11,22H,8-9H2,1H3,(H,23,26). The van der Waals surface area contributed by atoms with Crippen molar-refractivity contribution >= 4 is 23.2 Å². The monoisotopic (exact) mass is 363 g/mol. The topological polar surface area (TPSA) is 61.4 Å². The van der Waals surface area contributed by atoms with Gasteiger partial charge in [-0.3, -0.25) is 20.4 Å². The minimum absolute atomic E-state index is 0.00164. The van der Waals surface area contributed by atoms with Crippen molar-refractivity contribution in [3.05, 3.63) is 59.4 Å². The van der Waals surface area contributed by atoms with Crippen LogP contribution in [0.1, 0.15) is 12.0 Å². The summed E-state index contributed by atoms with van der Waals surface area (Å²) in [5.74, 6) is -5.79. The molecule has 136 valence electrons. The Morgan fingerprint density at radius 2 is 1.77 bits per heavy atom. The number of hydrazine groups is 1. The Bertz CT molecular complexity index is 856.